The topological polar surface area (TPSA) is 52.9 Å². The Morgan fingerprint density at radius 1 is 1.29 bits per heavy atom. The molecule has 0 bridgehead atoms. The summed E-state index contributed by atoms with van der Waals surface area (Å²) in [5.41, 5.74) is 2.88. The second-order valence-electron chi connectivity index (χ2n) is 5.32. The van der Waals surface area contributed by atoms with Gasteiger partial charge in [-0.25, -0.2) is 0 Å². The molecule has 5 heteroatoms. The quantitative estimate of drug-likeness (QED) is 0.891. The van der Waals surface area contributed by atoms with Crippen LogP contribution in [0.5, 0.6) is 0 Å². The number of thiophene rings is 2. The lowest BCUT2D eigenvalue weighted by atomic mass is 9.99. The van der Waals surface area contributed by atoms with Crippen molar-refractivity contribution in [3.05, 3.63) is 37.4 Å². The molecule has 21 heavy (non-hydrogen) atoms. The van der Waals surface area contributed by atoms with E-state index in [-0.39, 0.29) is 5.91 Å². The zero-order valence-corrected chi connectivity index (χ0v) is 13.7. The molecule has 108 valence electrons. The van der Waals surface area contributed by atoms with Crippen molar-refractivity contribution in [3.8, 4) is 6.07 Å². The lowest BCUT2D eigenvalue weighted by molar-refractivity contribution is 0.103. The van der Waals surface area contributed by atoms with Gasteiger partial charge in [0.05, 0.1) is 10.4 Å². The van der Waals surface area contributed by atoms with Crippen LogP contribution in [0.15, 0.2) is 6.07 Å². The van der Waals surface area contributed by atoms with Gasteiger partial charge in [-0.1, -0.05) is 0 Å². The van der Waals surface area contributed by atoms with Crippen LogP contribution in [0.3, 0.4) is 0 Å². The first-order valence-corrected chi connectivity index (χ1v) is 8.66. The number of hydrogen-bond acceptors (Lipinski definition) is 4. The number of anilines is 1. The van der Waals surface area contributed by atoms with Crippen LogP contribution in [0.25, 0.3) is 0 Å². The molecule has 0 spiro atoms. The highest BCUT2D eigenvalue weighted by Crippen LogP contribution is 2.34. The van der Waals surface area contributed by atoms with Crippen molar-refractivity contribution in [1.82, 2.24) is 0 Å². The fourth-order valence-corrected chi connectivity index (χ4v) is 4.77. The fraction of sp³-hybridized carbons (Fsp3) is 0.375. The maximum Gasteiger partial charge on any atom is 0.266 e. The molecule has 2 heterocycles. The van der Waals surface area contributed by atoms with Crippen LogP contribution in [0, 0.1) is 25.2 Å². The van der Waals surface area contributed by atoms with Crippen molar-refractivity contribution in [2.45, 2.75) is 39.5 Å². The highest BCUT2D eigenvalue weighted by Gasteiger charge is 2.20. The average Bonchev–Trinajstić information content (AvgIpc) is 3.01. The summed E-state index contributed by atoms with van der Waals surface area (Å²) in [7, 11) is 0. The van der Waals surface area contributed by atoms with Crippen molar-refractivity contribution < 1.29 is 4.79 Å². The summed E-state index contributed by atoms with van der Waals surface area (Å²) in [5.74, 6) is -0.0906. The molecule has 0 fully saturated rings. The van der Waals surface area contributed by atoms with Gasteiger partial charge in [0.2, 0.25) is 0 Å². The smallest absolute Gasteiger partial charge is 0.266 e. The number of hydrogen-bond donors (Lipinski definition) is 1. The van der Waals surface area contributed by atoms with Gasteiger partial charge < -0.3 is 5.32 Å². The van der Waals surface area contributed by atoms with Crippen LogP contribution in [-0.2, 0) is 12.8 Å². The van der Waals surface area contributed by atoms with Gasteiger partial charge in [-0.3, -0.25) is 4.79 Å². The molecular formula is C16H16N2OS2. The predicted octanol–water partition coefficient (Wildman–Crippen LogP) is 4.43. The van der Waals surface area contributed by atoms with Gasteiger partial charge in [-0.05, 0) is 56.7 Å². The molecule has 0 atom stereocenters. The summed E-state index contributed by atoms with van der Waals surface area (Å²) < 4.78 is 0. The normalized spacial score (nSPS) is 13.6. The van der Waals surface area contributed by atoms with Gasteiger partial charge in [0.15, 0.2) is 0 Å². The van der Waals surface area contributed by atoms with E-state index >= 15 is 0 Å². The molecule has 3 rings (SSSR count). The standard InChI is InChI=1S/C16H16N2OS2/c1-9-10(2)20-16(12(9)8-17)18-15(19)14-7-11-5-3-4-6-13(11)21-14/h7H,3-6H2,1-2H3,(H,18,19). The molecule has 2 aromatic rings. The van der Waals surface area contributed by atoms with Crippen molar-refractivity contribution in [2.24, 2.45) is 0 Å². The van der Waals surface area contributed by atoms with Crippen LogP contribution in [0.1, 0.15) is 49.0 Å². The second-order valence-corrected chi connectivity index (χ2v) is 7.68. The maximum atomic E-state index is 12.4. The van der Waals surface area contributed by atoms with Gasteiger partial charge in [0, 0.05) is 9.75 Å². The second kappa shape index (κ2) is 5.63. The number of carbonyl (C=O) groups excluding carboxylic acids is 1. The Hall–Kier alpha value is -1.64. The first-order valence-electron chi connectivity index (χ1n) is 7.03. The molecule has 1 amide bonds. The third kappa shape index (κ3) is 2.61. The van der Waals surface area contributed by atoms with Crippen LogP contribution in [0.2, 0.25) is 0 Å². The molecule has 0 saturated carbocycles. The van der Waals surface area contributed by atoms with Crippen LogP contribution in [-0.4, -0.2) is 5.91 Å². The lowest BCUT2D eigenvalue weighted by Crippen LogP contribution is -2.10. The number of aryl methyl sites for hydroxylation is 3. The van der Waals surface area contributed by atoms with Crippen LogP contribution in [0.4, 0.5) is 5.00 Å². The molecule has 1 aliphatic rings. The Bertz CT molecular complexity index is 726. The molecule has 3 nitrogen and oxygen atoms in total. The van der Waals surface area contributed by atoms with Gasteiger partial charge in [0.1, 0.15) is 11.1 Å². The van der Waals surface area contributed by atoms with E-state index in [2.05, 4.69) is 11.4 Å². The number of nitrogens with one attached hydrogen (secondary N) is 1. The largest absolute Gasteiger partial charge is 0.312 e. The maximum absolute atomic E-state index is 12.4. The summed E-state index contributed by atoms with van der Waals surface area (Å²) in [5, 5.41) is 12.8. The van der Waals surface area contributed by atoms with Gasteiger partial charge in [-0.2, -0.15) is 5.26 Å². The van der Waals surface area contributed by atoms with E-state index in [1.165, 1.54) is 34.6 Å². The summed E-state index contributed by atoms with van der Waals surface area (Å²) in [6, 6.07) is 4.21. The van der Waals surface area contributed by atoms with Crippen molar-refractivity contribution in [3.63, 3.8) is 0 Å². The van der Waals surface area contributed by atoms with E-state index < -0.39 is 0 Å². The summed E-state index contributed by atoms with van der Waals surface area (Å²) >= 11 is 3.07. The number of rotatable bonds is 2. The summed E-state index contributed by atoms with van der Waals surface area (Å²) in [4.78, 5) is 15.6. The number of fused-ring (bicyclic) bond motifs is 1. The van der Waals surface area contributed by atoms with Crippen LogP contribution < -0.4 is 5.32 Å². The first-order chi connectivity index (χ1) is 10.1. The summed E-state index contributed by atoms with van der Waals surface area (Å²) in [6.07, 6.45) is 4.61. The molecule has 1 aliphatic carbocycles. The van der Waals surface area contributed by atoms with E-state index in [0.717, 1.165) is 28.2 Å². The first kappa shape index (κ1) is 14.3. The molecule has 0 radical (unpaired) electrons. The van der Waals surface area contributed by atoms with E-state index in [1.54, 1.807) is 11.3 Å². The zero-order chi connectivity index (χ0) is 15.0. The molecule has 0 aromatic carbocycles. The van der Waals surface area contributed by atoms with Gasteiger partial charge in [-0.15, -0.1) is 22.7 Å². The van der Waals surface area contributed by atoms with E-state index in [4.69, 9.17) is 0 Å². The number of amides is 1. The van der Waals surface area contributed by atoms with E-state index in [0.29, 0.717) is 10.6 Å². The Balaban J connectivity index is 1.85. The van der Waals surface area contributed by atoms with Crippen molar-refractivity contribution in [1.29, 1.82) is 5.26 Å². The van der Waals surface area contributed by atoms with Gasteiger partial charge >= 0.3 is 0 Å². The van der Waals surface area contributed by atoms with E-state index in [9.17, 15) is 10.1 Å². The molecule has 0 aliphatic heterocycles. The minimum atomic E-state index is -0.0906. The van der Waals surface area contributed by atoms with Gasteiger partial charge in [0.25, 0.3) is 5.91 Å². The molecule has 0 saturated heterocycles. The average molecular weight is 316 g/mol. The Morgan fingerprint density at radius 2 is 2.05 bits per heavy atom. The highest BCUT2D eigenvalue weighted by atomic mass is 32.1. The Morgan fingerprint density at radius 3 is 2.76 bits per heavy atom. The molecule has 0 unspecified atom stereocenters. The minimum absolute atomic E-state index is 0.0906. The third-order valence-corrected chi connectivity index (χ3v) is 6.30. The van der Waals surface area contributed by atoms with E-state index in [1.807, 2.05) is 19.9 Å². The Labute approximate surface area is 132 Å². The van der Waals surface area contributed by atoms with Crippen molar-refractivity contribution in [2.75, 3.05) is 5.32 Å². The lowest BCUT2D eigenvalue weighted by Gasteiger charge is -2.08. The number of nitriles is 1. The molecular weight excluding hydrogens is 300 g/mol. The number of nitrogens with zero attached hydrogens (tertiary/aromatic N) is 1. The zero-order valence-electron chi connectivity index (χ0n) is 12.1. The molecule has 1 N–H and O–H groups in total. The SMILES string of the molecule is Cc1sc(NC(=O)c2cc3c(s2)CCCC3)c(C#N)c1C. The summed E-state index contributed by atoms with van der Waals surface area (Å²) in [6.45, 7) is 3.89. The fourth-order valence-electron chi connectivity index (χ4n) is 2.62. The number of carbonyl (C=O) groups is 1. The monoisotopic (exact) mass is 316 g/mol. The highest BCUT2D eigenvalue weighted by molar-refractivity contribution is 7.17. The van der Waals surface area contributed by atoms with Crippen molar-refractivity contribution >= 4 is 33.6 Å². The predicted molar refractivity (Wildman–Crippen MR) is 87.4 cm³/mol. The Kier molecular flexibility index (Phi) is 3.83. The van der Waals surface area contributed by atoms with Crippen LogP contribution >= 0.6 is 22.7 Å². The molecule has 2 aromatic heterocycles. The minimum Gasteiger partial charge on any atom is -0.312 e. The third-order valence-electron chi connectivity index (χ3n) is 3.94.